The lowest BCUT2D eigenvalue weighted by Gasteiger charge is -2.20. The average molecular weight is 321 g/mol. The molecular weight excluding hydrogens is 303 g/mol. The largest absolute Gasteiger partial charge is 0.318 e. The molecule has 0 N–H and O–H groups in total. The lowest BCUT2D eigenvalue weighted by atomic mass is 10.3. The molecule has 0 amide bonds. The SMILES string of the molecule is C=CCN(CC=C)Cc1cccn1-c1cccc(Cl)c1Cl. The van der Waals surface area contributed by atoms with Crippen LogP contribution in [0.1, 0.15) is 5.69 Å². The maximum Gasteiger partial charge on any atom is 0.0832 e. The number of hydrogen-bond donors (Lipinski definition) is 0. The molecule has 0 aliphatic carbocycles. The van der Waals surface area contributed by atoms with Gasteiger partial charge < -0.3 is 4.57 Å². The van der Waals surface area contributed by atoms with Crippen molar-refractivity contribution in [2.75, 3.05) is 13.1 Å². The minimum Gasteiger partial charge on any atom is -0.318 e. The maximum atomic E-state index is 6.32. The van der Waals surface area contributed by atoms with E-state index in [9.17, 15) is 0 Å². The van der Waals surface area contributed by atoms with Gasteiger partial charge in [0.25, 0.3) is 0 Å². The summed E-state index contributed by atoms with van der Waals surface area (Å²) < 4.78 is 2.06. The highest BCUT2D eigenvalue weighted by Gasteiger charge is 2.11. The van der Waals surface area contributed by atoms with Gasteiger partial charge >= 0.3 is 0 Å². The van der Waals surface area contributed by atoms with Gasteiger partial charge in [-0.1, -0.05) is 41.4 Å². The number of aromatic nitrogens is 1. The van der Waals surface area contributed by atoms with Gasteiger partial charge in [0, 0.05) is 31.5 Å². The fourth-order valence-electron chi connectivity index (χ4n) is 2.26. The van der Waals surface area contributed by atoms with Crippen LogP contribution in [0.25, 0.3) is 5.69 Å². The van der Waals surface area contributed by atoms with Crippen LogP contribution in [0.4, 0.5) is 0 Å². The lowest BCUT2D eigenvalue weighted by Crippen LogP contribution is -2.24. The molecule has 0 unspecified atom stereocenters. The van der Waals surface area contributed by atoms with E-state index in [1.54, 1.807) is 6.07 Å². The third-order valence-corrected chi connectivity index (χ3v) is 3.99. The van der Waals surface area contributed by atoms with Crippen molar-refractivity contribution in [1.29, 1.82) is 0 Å². The molecule has 0 radical (unpaired) electrons. The van der Waals surface area contributed by atoms with Crippen LogP contribution < -0.4 is 0 Å². The Morgan fingerprint density at radius 3 is 2.43 bits per heavy atom. The lowest BCUT2D eigenvalue weighted by molar-refractivity contribution is 0.322. The number of halogens is 2. The zero-order valence-electron chi connectivity index (χ0n) is 11.8. The Bertz CT molecular complexity index is 621. The number of hydrogen-bond acceptors (Lipinski definition) is 1. The Balaban J connectivity index is 2.31. The summed E-state index contributed by atoms with van der Waals surface area (Å²) in [5.74, 6) is 0. The molecule has 0 spiro atoms. The second kappa shape index (κ2) is 7.51. The summed E-state index contributed by atoms with van der Waals surface area (Å²) in [6, 6.07) is 9.74. The van der Waals surface area contributed by atoms with E-state index in [-0.39, 0.29) is 0 Å². The van der Waals surface area contributed by atoms with Crippen LogP contribution in [-0.2, 0) is 6.54 Å². The molecule has 2 aromatic rings. The molecule has 21 heavy (non-hydrogen) atoms. The van der Waals surface area contributed by atoms with E-state index in [0.717, 1.165) is 31.0 Å². The first-order valence-electron chi connectivity index (χ1n) is 6.72. The molecule has 0 bridgehead atoms. The summed E-state index contributed by atoms with van der Waals surface area (Å²) in [5.41, 5.74) is 2.03. The summed E-state index contributed by atoms with van der Waals surface area (Å²) in [6.45, 7) is 9.99. The Morgan fingerprint density at radius 1 is 1.05 bits per heavy atom. The van der Waals surface area contributed by atoms with Gasteiger partial charge in [-0.15, -0.1) is 13.2 Å². The molecule has 2 nitrogen and oxygen atoms in total. The van der Waals surface area contributed by atoms with E-state index in [0.29, 0.717) is 10.0 Å². The van der Waals surface area contributed by atoms with E-state index in [1.807, 2.05) is 36.5 Å². The zero-order chi connectivity index (χ0) is 15.2. The molecule has 1 aromatic heterocycles. The summed E-state index contributed by atoms with van der Waals surface area (Å²) in [6.07, 6.45) is 5.78. The van der Waals surface area contributed by atoms with Crippen molar-refractivity contribution < 1.29 is 0 Å². The first-order valence-corrected chi connectivity index (χ1v) is 7.47. The second-order valence-corrected chi connectivity index (χ2v) is 5.50. The third kappa shape index (κ3) is 3.79. The molecule has 0 fully saturated rings. The summed E-state index contributed by atoms with van der Waals surface area (Å²) >= 11 is 12.4. The Morgan fingerprint density at radius 2 is 1.76 bits per heavy atom. The van der Waals surface area contributed by atoms with Crippen molar-refractivity contribution in [2.45, 2.75) is 6.54 Å². The van der Waals surface area contributed by atoms with Crippen molar-refractivity contribution in [2.24, 2.45) is 0 Å². The minimum atomic E-state index is 0.558. The molecule has 0 aliphatic rings. The van der Waals surface area contributed by atoms with Crippen LogP contribution in [0.2, 0.25) is 10.0 Å². The van der Waals surface area contributed by atoms with Crippen LogP contribution in [0.15, 0.2) is 61.8 Å². The van der Waals surface area contributed by atoms with Crippen molar-refractivity contribution >= 4 is 23.2 Å². The minimum absolute atomic E-state index is 0.558. The quantitative estimate of drug-likeness (QED) is 0.655. The third-order valence-electron chi connectivity index (χ3n) is 3.18. The van der Waals surface area contributed by atoms with Gasteiger partial charge in [-0.3, -0.25) is 4.90 Å². The van der Waals surface area contributed by atoms with Crippen LogP contribution in [-0.4, -0.2) is 22.6 Å². The van der Waals surface area contributed by atoms with Crippen LogP contribution in [0.3, 0.4) is 0 Å². The zero-order valence-corrected chi connectivity index (χ0v) is 13.3. The molecular formula is C17H18Cl2N2. The number of rotatable bonds is 7. The molecule has 4 heteroatoms. The standard InChI is InChI=1S/C17H18Cl2N2/c1-3-10-20(11-4-2)13-14-7-6-12-21(14)16-9-5-8-15(18)17(16)19/h3-9,12H,1-2,10-11,13H2. The topological polar surface area (TPSA) is 8.17 Å². The van der Waals surface area contributed by atoms with Gasteiger partial charge in [0.05, 0.1) is 15.7 Å². The Hall–Kier alpha value is -1.48. The highest BCUT2D eigenvalue weighted by molar-refractivity contribution is 6.43. The molecule has 0 aliphatic heterocycles. The normalized spacial score (nSPS) is 10.8. The highest BCUT2D eigenvalue weighted by atomic mass is 35.5. The van der Waals surface area contributed by atoms with Gasteiger partial charge in [0.1, 0.15) is 0 Å². The number of nitrogens with zero attached hydrogens (tertiary/aromatic N) is 2. The van der Waals surface area contributed by atoms with E-state index in [2.05, 4.69) is 28.7 Å². The summed E-state index contributed by atoms with van der Waals surface area (Å²) in [4.78, 5) is 2.24. The Labute approximate surface area is 135 Å². The Kier molecular flexibility index (Phi) is 5.68. The molecule has 0 saturated heterocycles. The molecule has 1 heterocycles. The van der Waals surface area contributed by atoms with Crippen molar-refractivity contribution in [1.82, 2.24) is 9.47 Å². The molecule has 2 rings (SSSR count). The van der Waals surface area contributed by atoms with Gasteiger partial charge in [-0.25, -0.2) is 0 Å². The van der Waals surface area contributed by atoms with Crippen LogP contribution in [0, 0.1) is 0 Å². The van der Waals surface area contributed by atoms with E-state index < -0.39 is 0 Å². The van der Waals surface area contributed by atoms with Gasteiger partial charge in [0.2, 0.25) is 0 Å². The highest BCUT2D eigenvalue weighted by Crippen LogP contribution is 2.29. The predicted molar refractivity (Wildman–Crippen MR) is 91.5 cm³/mol. The fraction of sp³-hybridized carbons (Fsp3) is 0.176. The monoisotopic (exact) mass is 320 g/mol. The molecule has 110 valence electrons. The second-order valence-electron chi connectivity index (χ2n) is 4.71. The number of benzene rings is 1. The van der Waals surface area contributed by atoms with Gasteiger partial charge in [-0.05, 0) is 24.3 Å². The van der Waals surface area contributed by atoms with Gasteiger partial charge in [-0.2, -0.15) is 0 Å². The smallest absolute Gasteiger partial charge is 0.0832 e. The van der Waals surface area contributed by atoms with Crippen LogP contribution >= 0.6 is 23.2 Å². The fourth-order valence-corrected chi connectivity index (χ4v) is 2.64. The maximum absolute atomic E-state index is 6.32. The first-order chi connectivity index (χ1) is 10.2. The molecule has 0 saturated carbocycles. The predicted octanol–water partition coefficient (Wildman–Crippen LogP) is 4.96. The molecule has 1 aromatic carbocycles. The van der Waals surface area contributed by atoms with E-state index in [1.165, 1.54) is 0 Å². The first kappa shape index (κ1) is 15.9. The van der Waals surface area contributed by atoms with Crippen molar-refractivity contribution in [3.8, 4) is 5.69 Å². The molecule has 0 atom stereocenters. The van der Waals surface area contributed by atoms with Crippen molar-refractivity contribution in [3.63, 3.8) is 0 Å². The van der Waals surface area contributed by atoms with Crippen molar-refractivity contribution in [3.05, 3.63) is 77.6 Å². The van der Waals surface area contributed by atoms with E-state index >= 15 is 0 Å². The summed E-state index contributed by atoms with van der Waals surface area (Å²) in [5, 5.41) is 1.12. The van der Waals surface area contributed by atoms with E-state index in [4.69, 9.17) is 23.2 Å². The van der Waals surface area contributed by atoms with Crippen LogP contribution in [0.5, 0.6) is 0 Å². The summed E-state index contributed by atoms with van der Waals surface area (Å²) in [7, 11) is 0. The average Bonchev–Trinajstić information content (AvgIpc) is 2.90. The van der Waals surface area contributed by atoms with Gasteiger partial charge in [0.15, 0.2) is 0 Å².